The van der Waals surface area contributed by atoms with Gasteiger partial charge in [0.15, 0.2) is 0 Å². The molecule has 1 aliphatic rings. The maximum atomic E-state index is 12.8. The fourth-order valence-electron chi connectivity index (χ4n) is 3.25. The molecule has 5 N–H and O–H groups in total. The monoisotopic (exact) mass is 447 g/mol. The number of carbonyl (C=O) groups is 2. The van der Waals surface area contributed by atoms with Crippen molar-refractivity contribution in [2.45, 2.75) is 19.8 Å². The van der Waals surface area contributed by atoms with Crippen molar-refractivity contribution in [3.05, 3.63) is 83.4 Å². The molecule has 8 nitrogen and oxygen atoms in total. The highest BCUT2D eigenvalue weighted by atomic mass is 16.5. The summed E-state index contributed by atoms with van der Waals surface area (Å²) < 4.78 is 5.15. The molecule has 0 radical (unpaired) electrons. The Bertz CT molecular complexity index is 1090. The van der Waals surface area contributed by atoms with Gasteiger partial charge in [-0.25, -0.2) is 0 Å². The molecule has 3 rings (SSSR count). The third-order valence-electron chi connectivity index (χ3n) is 5.11. The van der Waals surface area contributed by atoms with E-state index in [9.17, 15) is 9.59 Å². The molecule has 33 heavy (non-hydrogen) atoms. The molecule has 0 spiro atoms. The van der Waals surface area contributed by atoms with Crippen LogP contribution < -0.4 is 26.4 Å². The molecule has 0 aliphatic heterocycles. The molecular weight excluding hydrogens is 418 g/mol. The van der Waals surface area contributed by atoms with Crippen LogP contribution in [0, 0.1) is 0 Å². The summed E-state index contributed by atoms with van der Waals surface area (Å²) in [4.78, 5) is 28.9. The fraction of sp³-hybridized carbons (Fsp3) is 0.240. The lowest BCUT2D eigenvalue weighted by Crippen LogP contribution is -2.31. The number of amides is 2. The second kappa shape index (κ2) is 11.5. The molecule has 1 aliphatic carbocycles. The summed E-state index contributed by atoms with van der Waals surface area (Å²) >= 11 is 0. The molecule has 0 saturated heterocycles. The van der Waals surface area contributed by atoms with Crippen molar-refractivity contribution < 1.29 is 14.3 Å². The van der Waals surface area contributed by atoms with Gasteiger partial charge in [-0.2, -0.15) is 0 Å². The summed E-state index contributed by atoms with van der Waals surface area (Å²) in [7, 11) is 1.56. The number of methoxy groups -OCH3 is 1. The van der Waals surface area contributed by atoms with E-state index in [0.717, 1.165) is 24.1 Å². The minimum atomic E-state index is -0.243. The normalized spacial score (nSPS) is 18.2. The predicted octanol–water partition coefficient (Wildman–Crippen LogP) is 3.18. The Morgan fingerprint density at radius 2 is 1.97 bits per heavy atom. The quantitative estimate of drug-likeness (QED) is 0.365. The highest BCUT2D eigenvalue weighted by Gasteiger charge is 2.12. The Morgan fingerprint density at radius 3 is 2.70 bits per heavy atom. The zero-order valence-electron chi connectivity index (χ0n) is 18.9. The van der Waals surface area contributed by atoms with Crippen molar-refractivity contribution in [1.82, 2.24) is 15.6 Å². The second-order valence-corrected chi connectivity index (χ2v) is 7.64. The molecule has 1 heterocycles. The number of nitrogens with two attached hydrogens (primary N) is 1. The van der Waals surface area contributed by atoms with Crippen molar-refractivity contribution in [2.75, 3.05) is 31.2 Å². The number of rotatable bonds is 8. The number of hydrogen-bond acceptors (Lipinski definition) is 6. The van der Waals surface area contributed by atoms with E-state index in [4.69, 9.17) is 10.5 Å². The lowest BCUT2D eigenvalue weighted by molar-refractivity contribution is -0.112. The Kier molecular flexibility index (Phi) is 8.24. The molecule has 0 bridgehead atoms. The van der Waals surface area contributed by atoms with Crippen LogP contribution in [0.15, 0.2) is 77.8 Å². The number of aromatic nitrogens is 1. The number of benzene rings is 1. The Morgan fingerprint density at radius 1 is 1.12 bits per heavy atom. The number of nitrogens with zero attached hydrogens (tertiary/aromatic N) is 1. The average molecular weight is 448 g/mol. The van der Waals surface area contributed by atoms with Crippen molar-refractivity contribution >= 4 is 23.2 Å². The molecule has 1 aromatic carbocycles. The van der Waals surface area contributed by atoms with Crippen LogP contribution >= 0.6 is 0 Å². The van der Waals surface area contributed by atoms with Crippen molar-refractivity contribution in [3.63, 3.8) is 0 Å². The van der Waals surface area contributed by atoms with Crippen LogP contribution in [0.25, 0.3) is 0 Å². The minimum absolute atomic E-state index is 0.160. The van der Waals surface area contributed by atoms with E-state index in [1.807, 2.05) is 19.1 Å². The standard InChI is InChI=1S/C25H29N5O3/c1-17-5-7-20(28-12-13-29-24(31)19-4-3-11-27-16-19)8-6-18(14-17)25(32)30-23-10-9-21(33-2)15-22(23)26/h3-4,6,8-11,14-16,28H,5,7,12-13,26H2,1-2H3,(H,29,31)(H,30,32)/b17-14+,18-6+,20-8+. The number of allylic oxidation sites excluding steroid dienone is 4. The molecule has 2 aromatic rings. The van der Waals surface area contributed by atoms with Crippen LogP contribution in [-0.4, -0.2) is 37.0 Å². The van der Waals surface area contributed by atoms with Gasteiger partial charge in [0.05, 0.1) is 24.0 Å². The van der Waals surface area contributed by atoms with Gasteiger partial charge in [0.1, 0.15) is 5.75 Å². The van der Waals surface area contributed by atoms with Gasteiger partial charge >= 0.3 is 0 Å². The fourth-order valence-corrected chi connectivity index (χ4v) is 3.25. The number of anilines is 2. The van der Waals surface area contributed by atoms with Gasteiger partial charge in [-0.05, 0) is 56.2 Å². The topological polar surface area (TPSA) is 118 Å². The van der Waals surface area contributed by atoms with E-state index in [2.05, 4.69) is 20.9 Å². The number of pyridine rings is 1. The van der Waals surface area contributed by atoms with E-state index in [1.54, 1.807) is 49.7 Å². The summed E-state index contributed by atoms with van der Waals surface area (Å²) in [5, 5.41) is 9.06. The van der Waals surface area contributed by atoms with Crippen LogP contribution in [0.3, 0.4) is 0 Å². The zero-order valence-corrected chi connectivity index (χ0v) is 18.9. The molecule has 0 atom stereocenters. The Balaban J connectivity index is 1.59. The molecular formula is C25H29N5O3. The second-order valence-electron chi connectivity index (χ2n) is 7.64. The van der Waals surface area contributed by atoms with Gasteiger partial charge < -0.3 is 26.4 Å². The summed E-state index contributed by atoms with van der Waals surface area (Å²) in [6, 6.07) is 8.58. The number of nitrogen functional groups attached to an aromatic ring is 1. The first-order valence-electron chi connectivity index (χ1n) is 10.7. The summed E-state index contributed by atoms with van der Waals surface area (Å²) in [6.45, 7) is 3.03. The number of hydrogen-bond donors (Lipinski definition) is 4. The molecule has 172 valence electrons. The largest absolute Gasteiger partial charge is 0.497 e. The maximum Gasteiger partial charge on any atom is 0.255 e. The van der Waals surface area contributed by atoms with E-state index < -0.39 is 0 Å². The highest BCUT2D eigenvalue weighted by Crippen LogP contribution is 2.25. The maximum absolute atomic E-state index is 12.8. The highest BCUT2D eigenvalue weighted by molar-refractivity contribution is 6.07. The number of ether oxygens (including phenoxy) is 1. The summed E-state index contributed by atoms with van der Waals surface area (Å²) in [5.41, 5.74) is 10.1. The first-order valence-corrected chi connectivity index (χ1v) is 10.7. The molecule has 0 unspecified atom stereocenters. The average Bonchev–Trinajstić information content (AvgIpc) is 2.82. The lowest BCUT2D eigenvalue weighted by atomic mass is 10.0. The van der Waals surface area contributed by atoms with Gasteiger partial charge in [0.2, 0.25) is 0 Å². The minimum Gasteiger partial charge on any atom is -0.497 e. The molecule has 2 amide bonds. The Labute approximate surface area is 193 Å². The van der Waals surface area contributed by atoms with E-state index in [0.29, 0.717) is 41.4 Å². The third-order valence-corrected chi connectivity index (χ3v) is 5.11. The van der Waals surface area contributed by atoms with Crippen molar-refractivity contribution in [2.24, 2.45) is 0 Å². The predicted molar refractivity (Wildman–Crippen MR) is 130 cm³/mol. The van der Waals surface area contributed by atoms with E-state index in [-0.39, 0.29) is 11.8 Å². The first-order chi connectivity index (χ1) is 16.0. The first kappa shape index (κ1) is 23.6. The molecule has 0 saturated carbocycles. The Hall–Kier alpha value is -4.07. The van der Waals surface area contributed by atoms with Crippen LogP contribution in [0.4, 0.5) is 11.4 Å². The van der Waals surface area contributed by atoms with Crippen LogP contribution in [0.1, 0.15) is 30.1 Å². The number of nitrogens with one attached hydrogen (secondary N) is 3. The van der Waals surface area contributed by atoms with Crippen molar-refractivity contribution in [1.29, 1.82) is 0 Å². The van der Waals surface area contributed by atoms with Gasteiger partial charge in [-0.15, -0.1) is 0 Å². The lowest BCUT2D eigenvalue weighted by Gasteiger charge is -2.15. The smallest absolute Gasteiger partial charge is 0.255 e. The molecule has 1 aromatic heterocycles. The SMILES string of the molecule is COc1ccc(NC(=O)C2=C/C=C(/NCCNC(=O)c3cccnc3)CC\C(C)=C\2)c(N)c1. The van der Waals surface area contributed by atoms with Gasteiger partial charge in [-0.3, -0.25) is 14.6 Å². The van der Waals surface area contributed by atoms with Crippen molar-refractivity contribution in [3.8, 4) is 5.75 Å². The zero-order chi connectivity index (χ0) is 23.6. The summed E-state index contributed by atoms with van der Waals surface area (Å²) in [5.74, 6) is 0.223. The number of carbonyl (C=O) groups excluding carboxylic acids is 2. The van der Waals surface area contributed by atoms with Crippen LogP contribution in [0.5, 0.6) is 5.75 Å². The van der Waals surface area contributed by atoms with Crippen LogP contribution in [-0.2, 0) is 4.79 Å². The van der Waals surface area contributed by atoms with E-state index in [1.165, 1.54) is 6.20 Å². The summed E-state index contributed by atoms with van der Waals surface area (Å²) in [6.07, 6.45) is 10.4. The molecule has 8 heteroatoms. The molecule has 0 fully saturated rings. The van der Waals surface area contributed by atoms with Gasteiger partial charge in [-0.1, -0.05) is 11.6 Å². The van der Waals surface area contributed by atoms with Crippen LogP contribution in [0.2, 0.25) is 0 Å². The van der Waals surface area contributed by atoms with E-state index >= 15 is 0 Å². The third kappa shape index (κ3) is 6.96. The van der Waals surface area contributed by atoms with Gasteiger partial charge in [0, 0.05) is 42.8 Å². The van der Waals surface area contributed by atoms with Gasteiger partial charge in [0.25, 0.3) is 11.8 Å².